The lowest BCUT2D eigenvalue weighted by molar-refractivity contribution is 0.469. The average molecular weight is 326 g/mol. The van der Waals surface area contributed by atoms with E-state index in [2.05, 4.69) is 5.32 Å². The van der Waals surface area contributed by atoms with Crippen LogP contribution in [0.4, 0.5) is 5.69 Å². The van der Waals surface area contributed by atoms with Crippen LogP contribution in [0.2, 0.25) is 5.02 Å². The molecule has 3 rings (SSSR count). The summed E-state index contributed by atoms with van der Waals surface area (Å²) in [4.78, 5) is 0. The molecule has 0 amide bonds. The van der Waals surface area contributed by atoms with Crippen LogP contribution in [-0.2, 0) is 6.54 Å². The number of halogens is 1. The first-order chi connectivity index (χ1) is 11.2. The maximum absolute atomic E-state index is 9.80. The molecule has 0 aromatic heterocycles. The molecule has 0 radical (unpaired) electrons. The quantitative estimate of drug-likeness (QED) is 0.655. The molecule has 0 fully saturated rings. The third-order valence-electron chi connectivity index (χ3n) is 3.36. The minimum absolute atomic E-state index is 0.228. The molecule has 0 atom stereocenters. The predicted molar refractivity (Wildman–Crippen MR) is 93.4 cm³/mol. The monoisotopic (exact) mass is 325 g/mol. The Hall–Kier alpha value is -2.65. The number of phenolic OH excluding ortho intramolecular Hbond substituents is 1. The molecule has 0 bridgehead atoms. The summed E-state index contributed by atoms with van der Waals surface area (Å²) in [5.41, 5.74) is 1.69. The molecule has 0 spiro atoms. The average Bonchev–Trinajstić information content (AvgIpc) is 2.58. The first-order valence-electron chi connectivity index (χ1n) is 7.25. The summed E-state index contributed by atoms with van der Waals surface area (Å²) in [5.74, 6) is 1.80. The molecule has 0 saturated carbocycles. The normalized spacial score (nSPS) is 10.3. The summed E-state index contributed by atoms with van der Waals surface area (Å²) in [6.45, 7) is 0.491. The van der Waals surface area contributed by atoms with Crippen molar-refractivity contribution in [2.75, 3.05) is 5.32 Å². The number of nitrogens with one attached hydrogen (secondary N) is 1. The lowest BCUT2D eigenvalue weighted by atomic mass is 10.2. The van der Waals surface area contributed by atoms with Crippen LogP contribution in [-0.4, -0.2) is 5.11 Å². The van der Waals surface area contributed by atoms with Gasteiger partial charge in [0, 0.05) is 22.8 Å². The second-order valence-electron chi connectivity index (χ2n) is 5.07. The molecule has 0 aliphatic carbocycles. The minimum Gasteiger partial charge on any atom is -0.508 e. The number of hydrogen-bond acceptors (Lipinski definition) is 3. The van der Waals surface area contributed by atoms with Crippen molar-refractivity contribution in [2.45, 2.75) is 6.54 Å². The second kappa shape index (κ2) is 7.07. The number of benzene rings is 3. The van der Waals surface area contributed by atoms with E-state index < -0.39 is 0 Å². The predicted octanol–water partition coefficient (Wildman–Crippen LogP) is 5.45. The van der Waals surface area contributed by atoms with Crippen LogP contribution in [0.15, 0.2) is 72.8 Å². The van der Waals surface area contributed by atoms with Gasteiger partial charge in [0.05, 0.1) is 0 Å². The largest absolute Gasteiger partial charge is 0.508 e. The molecule has 2 N–H and O–H groups in total. The summed E-state index contributed by atoms with van der Waals surface area (Å²) in [6, 6.07) is 22.3. The number of ether oxygens (including phenoxy) is 1. The molecule has 4 heteroatoms. The maximum atomic E-state index is 9.80. The van der Waals surface area contributed by atoms with Crippen molar-refractivity contribution >= 4 is 17.3 Å². The van der Waals surface area contributed by atoms with Crippen molar-refractivity contribution in [3.63, 3.8) is 0 Å². The van der Waals surface area contributed by atoms with Gasteiger partial charge in [-0.25, -0.2) is 0 Å². The fraction of sp³-hybridized carbons (Fsp3) is 0.0526. The summed E-state index contributed by atoms with van der Waals surface area (Å²) in [7, 11) is 0. The van der Waals surface area contributed by atoms with E-state index in [0.717, 1.165) is 22.7 Å². The van der Waals surface area contributed by atoms with Crippen LogP contribution >= 0.6 is 11.6 Å². The van der Waals surface area contributed by atoms with E-state index in [-0.39, 0.29) is 5.75 Å². The highest BCUT2D eigenvalue weighted by molar-refractivity contribution is 6.30. The number of rotatable bonds is 5. The summed E-state index contributed by atoms with van der Waals surface area (Å²) >= 11 is 5.94. The van der Waals surface area contributed by atoms with Crippen LogP contribution < -0.4 is 10.1 Å². The molecule has 0 unspecified atom stereocenters. The van der Waals surface area contributed by atoms with E-state index in [1.807, 2.05) is 54.6 Å². The molecule has 3 nitrogen and oxygen atoms in total. The molecule has 3 aromatic carbocycles. The highest BCUT2D eigenvalue weighted by atomic mass is 35.5. The first kappa shape index (κ1) is 15.3. The molecule has 0 aliphatic rings. The van der Waals surface area contributed by atoms with Gasteiger partial charge in [0.15, 0.2) is 0 Å². The number of para-hydroxylation sites is 1. The highest BCUT2D eigenvalue weighted by Gasteiger charge is 2.03. The van der Waals surface area contributed by atoms with E-state index >= 15 is 0 Å². The van der Waals surface area contributed by atoms with E-state index in [9.17, 15) is 5.11 Å². The summed E-state index contributed by atoms with van der Waals surface area (Å²) in [6.07, 6.45) is 0. The Labute approximate surface area is 140 Å². The number of hydrogen-bond donors (Lipinski definition) is 2. The third-order valence-corrected chi connectivity index (χ3v) is 3.59. The Bertz CT molecular complexity index is 773. The van der Waals surface area contributed by atoms with Crippen molar-refractivity contribution in [3.8, 4) is 17.2 Å². The smallest absolute Gasteiger partial charge is 0.127 e. The van der Waals surface area contributed by atoms with Gasteiger partial charge in [-0.3, -0.25) is 0 Å². The van der Waals surface area contributed by atoms with E-state index in [1.165, 1.54) is 0 Å². The van der Waals surface area contributed by atoms with Gasteiger partial charge in [0.25, 0.3) is 0 Å². The van der Waals surface area contributed by atoms with Gasteiger partial charge < -0.3 is 15.2 Å². The van der Waals surface area contributed by atoms with Crippen LogP contribution in [0.5, 0.6) is 17.2 Å². The molecule has 0 aliphatic heterocycles. The number of aromatic hydroxyl groups is 1. The Balaban J connectivity index is 1.62. The van der Waals surface area contributed by atoms with Gasteiger partial charge in [-0.05, 0) is 54.6 Å². The number of phenols is 1. The molecule has 23 heavy (non-hydrogen) atoms. The second-order valence-corrected chi connectivity index (χ2v) is 5.50. The first-order valence-corrected chi connectivity index (χ1v) is 7.63. The minimum atomic E-state index is 0.228. The van der Waals surface area contributed by atoms with Crippen molar-refractivity contribution < 1.29 is 9.84 Å². The molecule has 3 aromatic rings. The fourth-order valence-corrected chi connectivity index (χ4v) is 2.35. The van der Waals surface area contributed by atoms with E-state index in [4.69, 9.17) is 16.3 Å². The van der Waals surface area contributed by atoms with Crippen LogP contribution in [0.25, 0.3) is 0 Å². The summed E-state index contributed by atoms with van der Waals surface area (Å²) < 4.78 is 5.75. The Morgan fingerprint density at radius 3 is 2.30 bits per heavy atom. The Morgan fingerprint density at radius 2 is 1.57 bits per heavy atom. The Kier molecular flexibility index (Phi) is 4.69. The van der Waals surface area contributed by atoms with Gasteiger partial charge in [0.1, 0.15) is 17.2 Å². The van der Waals surface area contributed by atoms with Crippen molar-refractivity contribution in [1.29, 1.82) is 0 Å². The van der Waals surface area contributed by atoms with Gasteiger partial charge in [-0.15, -0.1) is 0 Å². The molecule has 0 saturated heterocycles. The maximum Gasteiger partial charge on any atom is 0.127 e. The molecule has 116 valence electrons. The van der Waals surface area contributed by atoms with E-state index in [0.29, 0.717) is 11.6 Å². The topological polar surface area (TPSA) is 41.5 Å². The molecule has 0 heterocycles. The van der Waals surface area contributed by atoms with E-state index in [1.54, 1.807) is 18.2 Å². The highest BCUT2D eigenvalue weighted by Crippen LogP contribution is 2.25. The van der Waals surface area contributed by atoms with Gasteiger partial charge in [-0.2, -0.15) is 0 Å². The third kappa shape index (κ3) is 4.18. The number of anilines is 1. The lowest BCUT2D eigenvalue weighted by Crippen LogP contribution is -1.99. The van der Waals surface area contributed by atoms with Crippen LogP contribution in [0.3, 0.4) is 0 Å². The summed E-state index contributed by atoms with van der Waals surface area (Å²) in [5, 5.41) is 13.7. The molecular weight excluding hydrogens is 310 g/mol. The van der Waals surface area contributed by atoms with Gasteiger partial charge in [-0.1, -0.05) is 29.8 Å². The zero-order valence-corrected chi connectivity index (χ0v) is 13.1. The van der Waals surface area contributed by atoms with Crippen LogP contribution in [0.1, 0.15) is 5.56 Å². The SMILES string of the molecule is Oc1ccc(Cl)cc1CNc1ccc(Oc2ccccc2)cc1. The lowest BCUT2D eigenvalue weighted by Gasteiger charge is -2.10. The van der Waals surface area contributed by atoms with Crippen molar-refractivity contribution in [3.05, 3.63) is 83.4 Å². The standard InChI is InChI=1S/C19H16ClNO2/c20-15-6-11-19(22)14(12-15)13-21-16-7-9-18(10-8-16)23-17-4-2-1-3-5-17/h1-12,21-22H,13H2. The van der Waals surface area contributed by atoms with Gasteiger partial charge in [0.2, 0.25) is 0 Å². The molecular formula is C19H16ClNO2. The van der Waals surface area contributed by atoms with Crippen molar-refractivity contribution in [1.82, 2.24) is 0 Å². The zero-order valence-electron chi connectivity index (χ0n) is 12.4. The zero-order chi connectivity index (χ0) is 16.1. The van der Waals surface area contributed by atoms with Gasteiger partial charge >= 0.3 is 0 Å². The van der Waals surface area contributed by atoms with Crippen molar-refractivity contribution in [2.24, 2.45) is 0 Å². The fourth-order valence-electron chi connectivity index (χ4n) is 2.16. The van der Waals surface area contributed by atoms with Crippen LogP contribution in [0, 0.1) is 0 Å². The Morgan fingerprint density at radius 1 is 0.870 bits per heavy atom.